The summed E-state index contributed by atoms with van der Waals surface area (Å²) in [5, 5.41) is 14.6. The number of nitrogens with zero attached hydrogens (tertiary/aromatic N) is 3. The molecular weight excluding hydrogens is 634 g/mol. The van der Waals surface area contributed by atoms with Crippen LogP contribution in [0, 0.1) is 13.8 Å². The number of carbonyl (C=O) groups excluding carboxylic acids is 2. The van der Waals surface area contributed by atoms with Gasteiger partial charge in [-0.15, -0.1) is 0 Å². The van der Waals surface area contributed by atoms with E-state index in [1.807, 2.05) is 41.8 Å². The van der Waals surface area contributed by atoms with Crippen LogP contribution in [0.3, 0.4) is 0 Å². The zero-order valence-corrected chi connectivity index (χ0v) is 26.3. The molecule has 0 atom stereocenters. The van der Waals surface area contributed by atoms with Gasteiger partial charge in [-0.3, -0.25) is 14.6 Å². The number of carbonyl (C=O) groups is 2. The first-order chi connectivity index (χ1) is 21.4. The van der Waals surface area contributed by atoms with Crippen LogP contribution in [0.1, 0.15) is 76.3 Å². The molecule has 46 heavy (non-hydrogen) atoms. The number of likely N-dealkylation sites (tertiary alicyclic amines) is 1. The SMILES string of the molecule is Cc1cc(C(=O)N2CCC(C)(O)CC2)cc(C)c1/C=C/SN1CCC2(CC1)N=C(c1ccc(C(F)(F)F)c(C(F)(F)F)c1)NC2=O. The molecule has 1 spiro atoms. The summed E-state index contributed by atoms with van der Waals surface area (Å²) in [5.74, 6) is -0.730. The number of amidine groups is 1. The average Bonchev–Trinajstić information content (AvgIpc) is 3.29. The van der Waals surface area contributed by atoms with Crippen LogP contribution in [0.25, 0.3) is 6.08 Å². The normalized spacial score (nSPS) is 20.3. The van der Waals surface area contributed by atoms with Gasteiger partial charge in [0.1, 0.15) is 11.4 Å². The van der Waals surface area contributed by atoms with E-state index in [4.69, 9.17) is 0 Å². The van der Waals surface area contributed by atoms with Gasteiger partial charge in [-0.1, -0.05) is 18.0 Å². The summed E-state index contributed by atoms with van der Waals surface area (Å²) >= 11 is 1.43. The van der Waals surface area contributed by atoms with Crippen molar-refractivity contribution < 1.29 is 41.0 Å². The molecule has 0 bridgehead atoms. The number of rotatable bonds is 5. The molecule has 2 fully saturated rings. The summed E-state index contributed by atoms with van der Waals surface area (Å²) in [7, 11) is 0. The number of benzene rings is 2. The second kappa shape index (κ2) is 12.3. The molecule has 3 heterocycles. The second-order valence-corrected chi connectivity index (χ2v) is 13.4. The Balaban J connectivity index is 1.22. The van der Waals surface area contributed by atoms with Gasteiger partial charge in [0, 0.05) is 37.3 Å². The fourth-order valence-electron chi connectivity index (χ4n) is 6.05. The van der Waals surface area contributed by atoms with Gasteiger partial charge in [0.2, 0.25) is 0 Å². The topological polar surface area (TPSA) is 85.2 Å². The molecule has 2 saturated heterocycles. The van der Waals surface area contributed by atoms with Crippen LogP contribution in [0.2, 0.25) is 0 Å². The Morgan fingerprint density at radius 3 is 2.09 bits per heavy atom. The number of nitrogens with one attached hydrogen (secondary N) is 1. The number of hydrogen-bond acceptors (Lipinski definition) is 6. The van der Waals surface area contributed by atoms with Crippen molar-refractivity contribution in [2.24, 2.45) is 4.99 Å². The zero-order chi connectivity index (χ0) is 33.7. The molecule has 7 nitrogen and oxygen atoms in total. The molecule has 3 aliphatic rings. The van der Waals surface area contributed by atoms with Crippen molar-refractivity contribution in [2.75, 3.05) is 26.2 Å². The molecule has 248 valence electrons. The minimum atomic E-state index is -5.24. The Hall–Kier alpha value is -3.36. The van der Waals surface area contributed by atoms with Crippen molar-refractivity contribution in [3.63, 3.8) is 0 Å². The summed E-state index contributed by atoms with van der Waals surface area (Å²) < 4.78 is 81.9. The third-order valence-corrected chi connectivity index (χ3v) is 9.77. The van der Waals surface area contributed by atoms with Crippen LogP contribution in [-0.4, -0.2) is 69.3 Å². The molecule has 0 aromatic heterocycles. The third kappa shape index (κ3) is 7.13. The van der Waals surface area contributed by atoms with Crippen molar-refractivity contribution in [1.82, 2.24) is 14.5 Å². The van der Waals surface area contributed by atoms with E-state index >= 15 is 0 Å². The van der Waals surface area contributed by atoms with Gasteiger partial charge in [-0.25, -0.2) is 4.31 Å². The summed E-state index contributed by atoms with van der Waals surface area (Å²) in [4.78, 5) is 32.2. The van der Waals surface area contributed by atoms with Crippen molar-refractivity contribution in [2.45, 2.75) is 69.9 Å². The van der Waals surface area contributed by atoms with E-state index < -0.39 is 40.5 Å². The van der Waals surface area contributed by atoms with Gasteiger partial charge in [0.05, 0.1) is 16.7 Å². The van der Waals surface area contributed by atoms with Gasteiger partial charge < -0.3 is 15.3 Å². The predicted octanol–water partition coefficient (Wildman–Crippen LogP) is 6.36. The molecule has 2 N–H and O–H groups in total. The summed E-state index contributed by atoms with van der Waals surface area (Å²) in [6, 6.07) is 5.35. The van der Waals surface area contributed by atoms with Crippen LogP contribution in [-0.2, 0) is 17.1 Å². The maximum atomic E-state index is 13.4. The maximum Gasteiger partial charge on any atom is 0.417 e. The van der Waals surface area contributed by atoms with Gasteiger partial charge in [-0.05, 0) is 98.9 Å². The second-order valence-electron chi connectivity index (χ2n) is 12.4. The van der Waals surface area contributed by atoms with E-state index in [0.29, 0.717) is 56.7 Å². The van der Waals surface area contributed by atoms with E-state index in [0.717, 1.165) is 22.8 Å². The molecule has 2 aromatic carbocycles. The van der Waals surface area contributed by atoms with Crippen molar-refractivity contribution in [1.29, 1.82) is 0 Å². The molecule has 2 aromatic rings. The van der Waals surface area contributed by atoms with Crippen LogP contribution in [0.15, 0.2) is 40.7 Å². The Labute approximate surface area is 266 Å². The van der Waals surface area contributed by atoms with Crippen LogP contribution in [0.4, 0.5) is 26.3 Å². The van der Waals surface area contributed by atoms with Crippen molar-refractivity contribution in [3.8, 4) is 0 Å². The van der Waals surface area contributed by atoms with E-state index in [9.17, 15) is 41.0 Å². The lowest BCUT2D eigenvalue weighted by molar-refractivity contribution is -0.162. The first kappa shape index (κ1) is 34.0. The average molecular weight is 669 g/mol. The highest BCUT2D eigenvalue weighted by Crippen LogP contribution is 2.41. The highest BCUT2D eigenvalue weighted by molar-refractivity contribution is 8.00. The monoisotopic (exact) mass is 668 g/mol. The number of hydrogen-bond donors (Lipinski definition) is 2. The fourth-order valence-corrected chi connectivity index (χ4v) is 6.81. The van der Waals surface area contributed by atoms with Crippen LogP contribution in [0.5, 0.6) is 0 Å². The molecule has 0 aliphatic carbocycles. The highest BCUT2D eigenvalue weighted by Gasteiger charge is 2.47. The Morgan fingerprint density at radius 2 is 1.52 bits per heavy atom. The fraction of sp³-hybridized carbons (Fsp3) is 0.469. The van der Waals surface area contributed by atoms with E-state index in [-0.39, 0.29) is 30.1 Å². The molecule has 0 radical (unpaired) electrons. The number of piperidine rings is 2. The van der Waals surface area contributed by atoms with Crippen molar-refractivity contribution in [3.05, 3.63) is 74.7 Å². The first-order valence-corrected chi connectivity index (χ1v) is 15.6. The van der Waals surface area contributed by atoms with Crippen molar-refractivity contribution >= 4 is 35.7 Å². The number of amides is 2. The predicted molar refractivity (Wildman–Crippen MR) is 163 cm³/mol. The summed E-state index contributed by atoms with van der Waals surface area (Å²) in [6.45, 7) is 7.53. The number of halogens is 6. The van der Waals surface area contributed by atoms with Gasteiger partial charge in [-0.2, -0.15) is 26.3 Å². The Kier molecular flexibility index (Phi) is 9.12. The quantitative estimate of drug-likeness (QED) is 0.286. The minimum absolute atomic E-state index is 0.0604. The van der Waals surface area contributed by atoms with Gasteiger partial charge >= 0.3 is 12.4 Å². The molecule has 5 rings (SSSR count). The number of alkyl halides is 6. The lowest BCUT2D eigenvalue weighted by Gasteiger charge is -2.36. The zero-order valence-electron chi connectivity index (χ0n) is 25.5. The van der Waals surface area contributed by atoms with Crippen LogP contribution >= 0.6 is 11.9 Å². The highest BCUT2D eigenvalue weighted by atomic mass is 32.2. The van der Waals surface area contributed by atoms with Crippen LogP contribution < -0.4 is 5.32 Å². The Morgan fingerprint density at radius 1 is 0.935 bits per heavy atom. The number of aliphatic hydroxyl groups is 1. The number of aryl methyl sites for hydroxylation is 2. The molecule has 2 amide bonds. The molecule has 0 saturated carbocycles. The smallest absolute Gasteiger partial charge is 0.390 e. The van der Waals surface area contributed by atoms with Gasteiger partial charge in [0.15, 0.2) is 0 Å². The summed E-state index contributed by atoms with van der Waals surface area (Å²) in [5.41, 5.74) is -2.40. The Bertz CT molecular complexity index is 1560. The lowest BCUT2D eigenvalue weighted by Crippen LogP contribution is -2.47. The van der Waals surface area contributed by atoms with E-state index in [1.54, 1.807) is 11.8 Å². The van der Waals surface area contributed by atoms with Gasteiger partial charge in [0.25, 0.3) is 11.8 Å². The number of aliphatic imine (C=N–C) groups is 1. The van der Waals surface area contributed by atoms with E-state index in [1.165, 1.54) is 11.9 Å². The molecular formula is C32H34F6N4O3S. The first-order valence-electron chi connectivity index (χ1n) is 14.8. The molecule has 14 heteroatoms. The maximum absolute atomic E-state index is 13.4. The largest absolute Gasteiger partial charge is 0.417 e. The molecule has 3 aliphatic heterocycles. The third-order valence-electron chi connectivity index (χ3n) is 8.85. The van der Waals surface area contributed by atoms with E-state index in [2.05, 4.69) is 10.3 Å². The standard InChI is InChI=1S/C32H34F6N4O3S/c1-19-16-22(27(43)41-11-7-29(3,45)8-12-41)17-20(2)23(19)6-15-46-42-13-9-30(10-14-42)28(44)39-26(40-30)21-4-5-24(31(33,34)35)25(18-21)32(36,37)38/h4-6,15-18,45H,7-14H2,1-3H3,(H,39,40,44)/b15-6+. The minimum Gasteiger partial charge on any atom is -0.390 e. The summed E-state index contributed by atoms with van der Waals surface area (Å²) in [6.07, 6.45) is -6.87. The lowest BCUT2D eigenvalue weighted by atomic mass is 9.89. The molecule has 0 unspecified atom stereocenters.